The summed E-state index contributed by atoms with van der Waals surface area (Å²) in [6.07, 6.45) is 5.02. The molecule has 0 aliphatic heterocycles. The van der Waals surface area contributed by atoms with Gasteiger partial charge >= 0.3 is 5.97 Å². The lowest BCUT2D eigenvalue weighted by atomic mass is 10.1. The van der Waals surface area contributed by atoms with Crippen LogP contribution in [-0.4, -0.2) is 23.0 Å². The first-order valence-electron chi connectivity index (χ1n) is 6.61. The van der Waals surface area contributed by atoms with Gasteiger partial charge in [0.15, 0.2) is 0 Å². The van der Waals surface area contributed by atoms with Crippen LogP contribution in [0.4, 0.5) is 5.69 Å². The first-order chi connectivity index (χ1) is 9.54. The van der Waals surface area contributed by atoms with Crippen LogP contribution in [0.1, 0.15) is 24.8 Å². The molecule has 20 heavy (non-hydrogen) atoms. The molecule has 1 amide bonds. The monoisotopic (exact) mass is 274 g/mol. The van der Waals surface area contributed by atoms with Gasteiger partial charge in [-0.2, -0.15) is 0 Å². The van der Waals surface area contributed by atoms with Gasteiger partial charge in [0.05, 0.1) is 5.92 Å². The van der Waals surface area contributed by atoms with Crippen molar-refractivity contribution in [1.82, 2.24) is 5.32 Å². The molecule has 0 saturated heterocycles. The summed E-state index contributed by atoms with van der Waals surface area (Å²) in [7, 11) is 0. The third-order valence-corrected chi connectivity index (χ3v) is 3.49. The van der Waals surface area contributed by atoms with E-state index in [1.807, 2.05) is 12.1 Å². The van der Waals surface area contributed by atoms with E-state index >= 15 is 0 Å². The van der Waals surface area contributed by atoms with Crippen molar-refractivity contribution in [3.8, 4) is 0 Å². The third-order valence-electron chi connectivity index (χ3n) is 3.49. The highest BCUT2D eigenvalue weighted by atomic mass is 16.4. The fraction of sp³-hybridized carbons (Fsp3) is 0.333. The molecule has 1 aliphatic rings. The van der Waals surface area contributed by atoms with Gasteiger partial charge < -0.3 is 16.2 Å². The number of amides is 1. The summed E-state index contributed by atoms with van der Waals surface area (Å²) < 4.78 is 0. The van der Waals surface area contributed by atoms with Gasteiger partial charge in [-0.05, 0) is 43.0 Å². The van der Waals surface area contributed by atoms with E-state index < -0.39 is 5.97 Å². The Morgan fingerprint density at radius 1 is 1.25 bits per heavy atom. The van der Waals surface area contributed by atoms with Crippen LogP contribution in [0.5, 0.6) is 0 Å². The van der Waals surface area contributed by atoms with Crippen molar-refractivity contribution in [2.45, 2.75) is 25.3 Å². The number of hydrogen-bond acceptors (Lipinski definition) is 3. The van der Waals surface area contributed by atoms with Gasteiger partial charge in [0.2, 0.25) is 5.91 Å². The molecule has 2 rings (SSSR count). The molecule has 1 aromatic rings. The minimum Gasteiger partial charge on any atom is -0.481 e. The van der Waals surface area contributed by atoms with Crippen LogP contribution < -0.4 is 11.1 Å². The fourth-order valence-corrected chi connectivity index (χ4v) is 2.37. The Labute approximate surface area is 117 Å². The van der Waals surface area contributed by atoms with Crippen molar-refractivity contribution in [2.24, 2.45) is 5.92 Å². The first-order valence-corrected chi connectivity index (χ1v) is 6.61. The minimum absolute atomic E-state index is 0.0420. The summed E-state index contributed by atoms with van der Waals surface area (Å²) in [5.74, 6) is -1.31. The second kappa shape index (κ2) is 6.23. The first kappa shape index (κ1) is 14.1. The molecule has 0 heterocycles. The van der Waals surface area contributed by atoms with E-state index in [9.17, 15) is 9.59 Å². The lowest BCUT2D eigenvalue weighted by Gasteiger charge is -2.10. The van der Waals surface area contributed by atoms with Crippen molar-refractivity contribution in [3.05, 3.63) is 35.9 Å². The highest BCUT2D eigenvalue weighted by Crippen LogP contribution is 2.25. The van der Waals surface area contributed by atoms with E-state index in [-0.39, 0.29) is 17.9 Å². The molecule has 1 aliphatic carbocycles. The highest BCUT2D eigenvalue weighted by molar-refractivity contribution is 5.92. The van der Waals surface area contributed by atoms with Crippen LogP contribution in [0, 0.1) is 5.92 Å². The largest absolute Gasteiger partial charge is 0.481 e. The number of carboxylic acid groups (broad SMARTS) is 1. The highest BCUT2D eigenvalue weighted by Gasteiger charge is 2.30. The quantitative estimate of drug-likeness (QED) is 0.575. The number of nitrogen functional groups attached to an aromatic ring is 1. The Kier molecular flexibility index (Phi) is 4.40. The van der Waals surface area contributed by atoms with Gasteiger partial charge in [0.1, 0.15) is 0 Å². The smallest absolute Gasteiger partial charge is 0.306 e. The van der Waals surface area contributed by atoms with Gasteiger partial charge in [0.25, 0.3) is 0 Å². The zero-order chi connectivity index (χ0) is 14.5. The summed E-state index contributed by atoms with van der Waals surface area (Å²) in [4.78, 5) is 22.6. The number of anilines is 1. The fourth-order valence-electron chi connectivity index (χ4n) is 2.37. The van der Waals surface area contributed by atoms with Crippen molar-refractivity contribution in [2.75, 3.05) is 5.73 Å². The minimum atomic E-state index is -0.779. The average Bonchev–Trinajstić information content (AvgIpc) is 2.87. The number of benzene rings is 1. The number of aliphatic carboxylic acids is 1. The Morgan fingerprint density at radius 2 is 1.95 bits per heavy atom. The molecule has 1 aromatic carbocycles. The summed E-state index contributed by atoms with van der Waals surface area (Å²) in [6.45, 7) is 0. The summed E-state index contributed by atoms with van der Waals surface area (Å²) in [5.41, 5.74) is 7.15. The third kappa shape index (κ3) is 3.85. The maximum absolute atomic E-state index is 11.7. The SMILES string of the molecule is Nc1ccc(/C=C/C(=O)N[C@H]2CC[C@@H](C(=O)O)C2)cc1. The van der Waals surface area contributed by atoms with Crippen molar-refractivity contribution >= 4 is 23.6 Å². The van der Waals surface area contributed by atoms with Crippen LogP contribution >= 0.6 is 0 Å². The molecular weight excluding hydrogens is 256 g/mol. The Morgan fingerprint density at radius 3 is 2.55 bits per heavy atom. The van der Waals surface area contributed by atoms with Gasteiger partial charge in [-0.1, -0.05) is 12.1 Å². The molecule has 0 spiro atoms. The lowest BCUT2D eigenvalue weighted by Crippen LogP contribution is -2.31. The number of hydrogen-bond donors (Lipinski definition) is 3. The van der Waals surface area contributed by atoms with Crippen LogP contribution in [0.15, 0.2) is 30.3 Å². The molecule has 4 N–H and O–H groups in total. The van der Waals surface area contributed by atoms with E-state index in [0.29, 0.717) is 18.5 Å². The van der Waals surface area contributed by atoms with Gasteiger partial charge in [0, 0.05) is 17.8 Å². The maximum Gasteiger partial charge on any atom is 0.306 e. The van der Waals surface area contributed by atoms with Gasteiger partial charge in [-0.25, -0.2) is 0 Å². The molecule has 106 valence electrons. The Bertz CT molecular complexity index is 522. The Hall–Kier alpha value is -2.30. The van der Waals surface area contributed by atoms with Crippen molar-refractivity contribution in [1.29, 1.82) is 0 Å². The van der Waals surface area contributed by atoms with E-state index in [1.54, 1.807) is 18.2 Å². The zero-order valence-corrected chi connectivity index (χ0v) is 11.1. The lowest BCUT2D eigenvalue weighted by molar-refractivity contribution is -0.141. The number of carboxylic acids is 1. The molecule has 1 fully saturated rings. The number of carbonyl (C=O) groups is 2. The van der Waals surface area contributed by atoms with E-state index in [2.05, 4.69) is 5.32 Å². The molecule has 5 nitrogen and oxygen atoms in total. The molecule has 0 unspecified atom stereocenters. The van der Waals surface area contributed by atoms with Crippen LogP contribution in [0.3, 0.4) is 0 Å². The number of nitrogens with two attached hydrogens (primary N) is 1. The summed E-state index contributed by atoms with van der Waals surface area (Å²) >= 11 is 0. The second-order valence-electron chi connectivity index (χ2n) is 5.05. The second-order valence-corrected chi connectivity index (χ2v) is 5.05. The molecule has 0 aromatic heterocycles. The predicted molar refractivity (Wildman–Crippen MR) is 76.8 cm³/mol. The van der Waals surface area contributed by atoms with Crippen molar-refractivity contribution in [3.63, 3.8) is 0 Å². The number of rotatable bonds is 4. The average molecular weight is 274 g/mol. The normalized spacial score (nSPS) is 22.0. The van der Waals surface area contributed by atoms with E-state index in [0.717, 1.165) is 12.0 Å². The molecular formula is C15H18N2O3. The van der Waals surface area contributed by atoms with Crippen LogP contribution in [-0.2, 0) is 9.59 Å². The van der Waals surface area contributed by atoms with Crippen LogP contribution in [0.25, 0.3) is 6.08 Å². The molecule has 5 heteroatoms. The molecule has 0 radical (unpaired) electrons. The summed E-state index contributed by atoms with van der Waals surface area (Å²) in [6, 6.07) is 7.15. The van der Waals surface area contributed by atoms with E-state index in [4.69, 9.17) is 10.8 Å². The van der Waals surface area contributed by atoms with Gasteiger partial charge in [-0.3, -0.25) is 9.59 Å². The zero-order valence-electron chi connectivity index (χ0n) is 11.1. The predicted octanol–water partition coefficient (Wildman–Crippen LogP) is 1.65. The van der Waals surface area contributed by atoms with E-state index in [1.165, 1.54) is 6.08 Å². The standard InChI is InChI=1S/C15H18N2O3/c16-12-5-1-10(2-6-12)3-8-14(18)17-13-7-4-11(9-13)15(19)20/h1-3,5-6,8,11,13H,4,7,9,16H2,(H,17,18)(H,19,20)/b8-3+/t11-,13+/m1/s1. The maximum atomic E-state index is 11.7. The number of carbonyl (C=O) groups excluding carboxylic acids is 1. The molecule has 1 saturated carbocycles. The molecule has 0 bridgehead atoms. The Balaban J connectivity index is 1.84. The summed E-state index contributed by atoms with van der Waals surface area (Å²) in [5, 5.41) is 11.7. The van der Waals surface area contributed by atoms with Crippen LogP contribution in [0.2, 0.25) is 0 Å². The number of nitrogens with one attached hydrogen (secondary N) is 1. The van der Waals surface area contributed by atoms with Gasteiger partial charge in [-0.15, -0.1) is 0 Å². The topological polar surface area (TPSA) is 92.4 Å². The van der Waals surface area contributed by atoms with Crippen molar-refractivity contribution < 1.29 is 14.7 Å². The molecule has 2 atom stereocenters.